The minimum atomic E-state index is -0.719. The van der Waals surface area contributed by atoms with Gasteiger partial charge in [0.15, 0.2) is 0 Å². The number of nitrogens with zero attached hydrogens (tertiary/aromatic N) is 2. The zero-order chi connectivity index (χ0) is 15.0. The molecule has 1 unspecified atom stereocenters. The predicted octanol–water partition coefficient (Wildman–Crippen LogP) is 2.60. The minimum absolute atomic E-state index is 0.180. The van der Waals surface area contributed by atoms with Crippen LogP contribution >= 0.6 is 0 Å². The molecule has 108 valence electrons. The summed E-state index contributed by atoms with van der Waals surface area (Å²) in [5.74, 6) is -0.876. The maximum atomic E-state index is 13.0. The lowest BCUT2D eigenvalue weighted by Gasteiger charge is -2.21. The molecule has 0 bridgehead atoms. The summed E-state index contributed by atoms with van der Waals surface area (Å²) in [5.41, 5.74) is 0. The quantitative estimate of drug-likeness (QED) is 0.770. The Kier molecular flexibility index (Phi) is 6.51. The molecular weight excluding hydrogens is 259 g/mol. The molecule has 4 nitrogen and oxygen atoms in total. The number of ether oxygens (including phenoxy) is 1. The summed E-state index contributed by atoms with van der Waals surface area (Å²) < 4.78 is 18.3. The molecule has 0 N–H and O–H groups in total. The molecule has 0 saturated heterocycles. The Hall–Kier alpha value is -2.09. The van der Waals surface area contributed by atoms with E-state index in [1.165, 1.54) is 12.1 Å². The summed E-state index contributed by atoms with van der Waals surface area (Å²) in [6.07, 6.45) is 0.294. The van der Waals surface area contributed by atoms with Gasteiger partial charge in [0.2, 0.25) is 5.91 Å². The van der Waals surface area contributed by atoms with Crippen LogP contribution in [0, 0.1) is 23.1 Å². The van der Waals surface area contributed by atoms with Gasteiger partial charge in [-0.1, -0.05) is 6.07 Å². The lowest BCUT2D eigenvalue weighted by Crippen LogP contribution is -2.36. The number of hydrogen-bond donors (Lipinski definition) is 0. The second-order valence-electron chi connectivity index (χ2n) is 4.29. The molecule has 20 heavy (non-hydrogen) atoms. The molecule has 0 aliphatic heterocycles. The van der Waals surface area contributed by atoms with Gasteiger partial charge in [-0.15, -0.1) is 0 Å². The zero-order valence-corrected chi connectivity index (χ0v) is 11.8. The highest BCUT2D eigenvalue weighted by molar-refractivity contribution is 5.81. The Morgan fingerprint density at radius 2 is 2.15 bits per heavy atom. The van der Waals surface area contributed by atoms with Crippen LogP contribution in [0.5, 0.6) is 5.75 Å². The van der Waals surface area contributed by atoms with Gasteiger partial charge in [-0.05, 0) is 26.0 Å². The smallest absolute Gasteiger partial charge is 0.240 e. The molecule has 0 heterocycles. The van der Waals surface area contributed by atoms with Gasteiger partial charge in [-0.25, -0.2) is 4.39 Å². The maximum absolute atomic E-state index is 13.0. The lowest BCUT2D eigenvalue weighted by atomic mass is 10.1. The molecule has 5 heteroatoms. The number of nitriles is 1. The molecule has 1 aromatic carbocycles. The first-order chi connectivity index (χ1) is 9.62. The first-order valence-corrected chi connectivity index (χ1v) is 6.69. The lowest BCUT2D eigenvalue weighted by molar-refractivity contribution is -0.133. The minimum Gasteiger partial charge on any atom is -0.493 e. The van der Waals surface area contributed by atoms with Crippen LogP contribution in [0.4, 0.5) is 4.39 Å². The van der Waals surface area contributed by atoms with Crippen LogP contribution < -0.4 is 4.74 Å². The van der Waals surface area contributed by atoms with E-state index in [2.05, 4.69) is 0 Å². The summed E-state index contributed by atoms with van der Waals surface area (Å²) in [6.45, 7) is 5.11. The summed E-state index contributed by atoms with van der Waals surface area (Å²) >= 11 is 0. The molecule has 1 amide bonds. The number of carbonyl (C=O) groups is 1. The van der Waals surface area contributed by atoms with Crippen molar-refractivity contribution in [1.29, 1.82) is 5.26 Å². The van der Waals surface area contributed by atoms with Crippen LogP contribution in [-0.4, -0.2) is 30.5 Å². The predicted molar refractivity (Wildman–Crippen MR) is 73.5 cm³/mol. The molecular formula is C15H19FN2O2. The summed E-state index contributed by atoms with van der Waals surface area (Å²) in [4.78, 5) is 13.6. The normalized spacial score (nSPS) is 11.5. The molecule has 0 spiro atoms. The number of amides is 1. The average molecular weight is 278 g/mol. The molecule has 1 atom stereocenters. The fourth-order valence-corrected chi connectivity index (χ4v) is 1.85. The van der Waals surface area contributed by atoms with Crippen molar-refractivity contribution in [2.45, 2.75) is 20.3 Å². The number of rotatable bonds is 7. The van der Waals surface area contributed by atoms with Crippen molar-refractivity contribution >= 4 is 5.91 Å². The van der Waals surface area contributed by atoms with Gasteiger partial charge in [0.25, 0.3) is 0 Å². The Morgan fingerprint density at radius 3 is 2.70 bits per heavy atom. The monoisotopic (exact) mass is 278 g/mol. The topological polar surface area (TPSA) is 53.3 Å². The third-order valence-electron chi connectivity index (χ3n) is 3.00. The van der Waals surface area contributed by atoms with Crippen LogP contribution in [0.15, 0.2) is 24.3 Å². The summed E-state index contributed by atoms with van der Waals surface area (Å²) in [7, 11) is 0. The van der Waals surface area contributed by atoms with E-state index >= 15 is 0 Å². The van der Waals surface area contributed by atoms with E-state index in [0.717, 1.165) is 0 Å². The van der Waals surface area contributed by atoms with Crippen molar-refractivity contribution in [2.24, 2.45) is 5.92 Å². The molecule has 0 fully saturated rings. The summed E-state index contributed by atoms with van der Waals surface area (Å²) in [6, 6.07) is 7.79. The second kappa shape index (κ2) is 8.16. The number of benzene rings is 1. The highest BCUT2D eigenvalue weighted by Gasteiger charge is 2.22. The van der Waals surface area contributed by atoms with Gasteiger partial charge in [0, 0.05) is 25.6 Å². The van der Waals surface area contributed by atoms with E-state index in [-0.39, 0.29) is 18.3 Å². The van der Waals surface area contributed by atoms with Gasteiger partial charge in [0.05, 0.1) is 12.7 Å². The highest BCUT2D eigenvalue weighted by Crippen LogP contribution is 2.14. The van der Waals surface area contributed by atoms with E-state index < -0.39 is 5.92 Å². The second-order valence-corrected chi connectivity index (χ2v) is 4.29. The third kappa shape index (κ3) is 4.54. The Labute approximate surface area is 118 Å². The molecule has 1 aromatic rings. The maximum Gasteiger partial charge on any atom is 0.240 e. The Balaban J connectivity index is 2.50. The first-order valence-electron chi connectivity index (χ1n) is 6.69. The number of halogens is 1. The summed E-state index contributed by atoms with van der Waals surface area (Å²) in [5, 5.41) is 9.06. The molecule has 0 aliphatic rings. The van der Waals surface area contributed by atoms with Crippen LogP contribution in [0.2, 0.25) is 0 Å². The van der Waals surface area contributed by atoms with Gasteiger partial charge in [0.1, 0.15) is 17.5 Å². The van der Waals surface area contributed by atoms with Crippen molar-refractivity contribution in [3.05, 3.63) is 30.1 Å². The van der Waals surface area contributed by atoms with Crippen molar-refractivity contribution in [3.63, 3.8) is 0 Å². The Bertz CT molecular complexity index is 481. The number of carbonyl (C=O) groups excluding carboxylic acids is 1. The van der Waals surface area contributed by atoms with E-state index in [9.17, 15) is 9.18 Å². The van der Waals surface area contributed by atoms with Crippen molar-refractivity contribution in [1.82, 2.24) is 4.90 Å². The number of hydrogen-bond acceptors (Lipinski definition) is 3. The highest BCUT2D eigenvalue weighted by atomic mass is 19.1. The van der Waals surface area contributed by atoms with Crippen LogP contribution in [0.25, 0.3) is 0 Å². The van der Waals surface area contributed by atoms with Gasteiger partial charge < -0.3 is 9.64 Å². The van der Waals surface area contributed by atoms with Crippen LogP contribution in [-0.2, 0) is 4.79 Å². The zero-order valence-electron chi connectivity index (χ0n) is 11.8. The van der Waals surface area contributed by atoms with E-state index in [1.54, 1.807) is 17.0 Å². The van der Waals surface area contributed by atoms with E-state index in [4.69, 9.17) is 10.00 Å². The standard InChI is InChI=1S/C15H19FN2O2/c1-3-18(4-2)15(19)12(11-17)8-9-20-14-7-5-6-13(16)10-14/h5-7,10,12H,3-4,8-9H2,1-2H3. The molecule has 0 radical (unpaired) electrons. The third-order valence-corrected chi connectivity index (χ3v) is 3.00. The Morgan fingerprint density at radius 1 is 1.45 bits per heavy atom. The molecule has 0 aromatic heterocycles. The van der Waals surface area contributed by atoms with Gasteiger partial charge >= 0.3 is 0 Å². The molecule has 0 aliphatic carbocycles. The van der Waals surface area contributed by atoms with Crippen LogP contribution in [0.1, 0.15) is 20.3 Å². The average Bonchev–Trinajstić information content (AvgIpc) is 2.45. The fourth-order valence-electron chi connectivity index (χ4n) is 1.85. The van der Waals surface area contributed by atoms with Gasteiger partial charge in [-0.3, -0.25) is 4.79 Å². The first kappa shape index (κ1) is 16.0. The SMILES string of the molecule is CCN(CC)C(=O)C(C#N)CCOc1cccc(F)c1. The van der Waals surface area contributed by atoms with Crippen molar-refractivity contribution in [2.75, 3.05) is 19.7 Å². The van der Waals surface area contributed by atoms with E-state index in [0.29, 0.717) is 25.3 Å². The van der Waals surface area contributed by atoms with Crippen LogP contribution in [0.3, 0.4) is 0 Å². The molecule has 0 saturated carbocycles. The largest absolute Gasteiger partial charge is 0.493 e. The van der Waals surface area contributed by atoms with Crippen molar-refractivity contribution < 1.29 is 13.9 Å². The van der Waals surface area contributed by atoms with Crippen molar-refractivity contribution in [3.8, 4) is 11.8 Å². The molecule has 1 rings (SSSR count). The van der Waals surface area contributed by atoms with Gasteiger partial charge in [-0.2, -0.15) is 5.26 Å². The fraction of sp³-hybridized carbons (Fsp3) is 0.467. The van der Waals surface area contributed by atoms with E-state index in [1.807, 2.05) is 19.9 Å².